The molecule has 0 saturated carbocycles. The Hall–Kier alpha value is -2.53. The molecule has 126 valence electrons. The lowest BCUT2D eigenvalue weighted by atomic mass is 10.1. The number of benzene rings is 2. The van der Waals surface area contributed by atoms with Gasteiger partial charge in [-0.05, 0) is 48.9 Å². The highest BCUT2D eigenvalue weighted by atomic mass is 35.5. The molecule has 2 aromatic rings. The minimum atomic E-state index is -0.0826. The summed E-state index contributed by atoms with van der Waals surface area (Å²) in [5.74, 6) is 0.557. The molecule has 0 spiro atoms. The smallest absolute Gasteiger partial charge is 0.259 e. The number of anilines is 1. The molecule has 5 nitrogen and oxygen atoms in total. The summed E-state index contributed by atoms with van der Waals surface area (Å²) in [5, 5.41) is 4.95. The van der Waals surface area contributed by atoms with Crippen molar-refractivity contribution in [1.29, 1.82) is 0 Å². The van der Waals surface area contributed by atoms with Crippen molar-refractivity contribution < 1.29 is 9.53 Å². The zero-order valence-electron chi connectivity index (χ0n) is 13.9. The third-order valence-corrected chi connectivity index (χ3v) is 3.68. The highest BCUT2D eigenvalue weighted by Gasteiger charge is 2.05. The summed E-state index contributed by atoms with van der Waals surface area (Å²) in [5.41, 5.74) is 5.46. The predicted molar refractivity (Wildman–Crippen MR) is 97.9 cm³/mol. The van der Waals surface area contributed by atoms with Crippen LogP contribution in [0.15, 0.2) is 53.6 Å². The van der Waals surface area contributed by atoms with Crippen molar-refractivity contribution in [1.82, 2.24) is 4.90 Å². The number of hydrazone groups is 1. The van der Waals surface area contributed by atoms with Crippen LogP contribution in [0.3, 0.4) is 0 Å². The lowest BCUT2D eigenvalue weighted by Crippen LogP contribution is -2.27. The normalized spacial score (nSPS) is 11.1. The maximum Gasteiger partial charge on any atom is 0.259 e. The first-order chi connectivity index (χ1) is 11.5. The Morgan fingerprint density at radius 1 is 1.17 bits per heavy atom. The lowest BCUT2D eigenvalue weighted by Gasteiger charge is -2.11. The van der Waals surface area contributed by atoms with Gasteiger partial charge in [-0.2, -0.15) is 5.10 Å². The van der Waals surface area contributed by atoms with E-state index in [2.05, 4.69) is 10.5 Å². The summed E-state index contributed by atoms with van der Waals surface area (Å²) < 4.78 is 5.44. The summed E-state index contributed by atoms with van der Waals surface area (Å²) in [6.07, 6.45) is 0. The SMILES string of the molecule is C/C(=N/Nc1ccccc1Cl)c1ccc(OCC(=O)N(C)C)cc1. The zero-order valence-corrected chi connectivity index (χ0v) is 14.7. The van der Waals surface area contributed by atoms with Crippen LogP contribution in [0.1, 0.15) is 12.5 Å². The van der Waals surface area contributed by atoms with Gasteiger partial charge in [0.05, 0.1) is 16.4 Å². The molecule has 1 N–H and O–H groups in total. The highest BCUT2D eigenvalue weighted by molar-refractivity contribution is 6.33. The lowest BCUT2D eigenvalue weighted by molar-refractivity contribution is -0.130. The Balaban J connectivity index is 1.98. The molecule has 1 amide bonds. The molecule has 0 aliphatic heterocycles. The van der Waals surface area contributed by atoms with Crippen molar-refractivity contribution in [2.45, 2.75) is 6.92 Å². The number of halogens is 1. The van der Waals surface area contributed by atoms with Crippen LogP contribution in [0.2, 0.25) is 5.02 Å². The second-order valence-corrected chi connectivity index (χ2v) is 5.80. The average Bonchev–Trinajstić information content (AvgIpc) is 2.59. The quantitative estimate of drug-likeness (QED) is 0.642. The molecule has 2 aromatic carbocycles. The standard InChI is InChI=1S/C18H20ClN3O2/c1-13(20-21-17-7-5-4-6-16(17)19)14-8-10-15(11-9-14)24-12-18(23)22(2)3/h4-11,21H,12H2,1-3H3/b20-13-. The van der Waals surface area contributed by atoms with Crippen LogP contribution in [-0.2, 0) is 4.79 Å². The number of hydrogen-bond donors (Lipinski definition) is 1. The second-order valence-electron chi connectivity index (χ2n) is 5.39. The zero-order chi connectivity index (χ0) is 17.5. The van der Waals surface area contributed by atoms with E-state index in [1.54, 1.807) is 20.2 Å². The summed E-state index contributed by atoms with van der Waals surface area (Å²) in [6, 6.07) is 14.8. The van der Waals surface area contributed by atoms with Gasteiger partial charge in [0.15, 0.2) is 6.61 Å². The molecule has 6 heteroatoms. The molecule has 24 heavy (non-hydrogen) atoms. The molecule has 0 atom stereocenters. The average molecular weight is 346 g/mol. The molecule has 0 bridgehead atoms. The number of rotatable bonds is 6. The molecule has 0 radical (unpaired) electrons. The number of nitrogens with one attached hydrogen (secondary N) is 1. The maximum absolute atomic E-state index is 11.5. The van der Waals surface area contributed by atoms with Gasteiger partial charge < -0.3 is 9.64 Å². The Bertz CT molecular complexity index is 727. The van der Waals surface area contributed by atoms with Crippen molar-refractivity contribution >= 4 is 28.9 Å². The fourth-order valence-electron chi connectivity index (χ4n) is 1.83. The largest absolute Gasteiger partial charge is 0.484 e. The molecule has 0 fully saturated rings. The molecular formula is C18H20ClN3O2. The predicted octanol–water partition coefficient (Wildman–Crippen LogP) is 3.64. The Labute approximate surface area is 146 Å². The molecule has 0 aromatic heterocycles. The van der Waals surface area contributed by atoms with E-state index in [-0.39, 0.29) is 12.5 Å². The fourth-order valence-corrected chi connectivity index (χ4v) is 2.01. The van der Waals surface area contributed by atoms with E-state index >= 15 is 0 Å². The topological polar surface area (TPSA) is 53.9 Å². The van der Waals surface area contributed by atoms with Crippen LogP contribution in [0.5, 0.6) is 5.75 Å². The Kier molecular flexibility index (Phi) is 6.21. The minimum absolute atomic E-state index is 0.0213. The van der Waals surface area contributed by atoms with Gasteiger partial charge in [-0.1, -0.05) is 23.7 Å². The van der Waals surface area contributed by atoms with E-state index in [1.807, 2.05) is 49.4 Å². The number of nitrogens with zero attached hydrogens (tertiary/aromatic N) is 2. The van der Waals surface area contributed by atoms with Crippen LogP contribution >= 0.6 is 11.6 Å². The van der Waals surface area contributed by atoms with Crippen molar-refractivity contribution in [3.63, 3.8) is 0 Å². The molecule has 0 saturated heterocycles. The van der Waals surface area contributed by atoms with Gasteiger partial charge in [0.25, 0.3) is 5.91 Å². The summed E-state index contributed by atoms with van der Waals surface area (Å²) in [7, 11) is 3.39. The van der Waals surface area contributed by atoms with E-state index in [0.29, 0.717) is 10.8 Å². The summed E-state index contributed by atoms with van der Waals surface area (Å²) >= 11 is 6.08. The Morgan fingerprint density at radius 2 is 1.83 bits per heavy atom. The number of carbonyl (C=O) groups is 1. The van der Waals surface area contributed by atoms with Gasteiger partial charge in [0.1, 0.15) is 5.75 Å². The maximum atomic E-state index is 11.5. The van der Waals surface area contributed by atoms with E-state index in [9.17, 15) is 4.79 Å². The number of ether oxygens (including phenoxy) is 1. The summed E-state index contributed by atoms with van der Waals surface area (Å²) in [4.78, 5) is 13.0. The fraction of sp³-hybridized carbons (Fsp3) is 0.222. The first-order valence-electron chi connectivity index (χ1n) is 7.45. The first kappa shape index (κ1) is 17.8. The third-order valence-electron chi connectivity index (χ3n) is 3.35. The van der Waals surface area contributed by atoms with E-state index in [0.717, 1.165) is 17.0 Å². The van der Waals surface area contributed by atoms with Crippen LogP contribution in [0.25, 0.3) is 0 Å². The van der Waals surface area contributed by atoms with Crippen LogP contribution in [-0.4, -0.2) is 37.2 Å². The van der Waals surface area contributed by atoms with E-state index in [4.69, 9.17) is 16.3 Å². The van der Waals surface area contributed by atoms with Crippen molar-refractivity contribution in [3.8, 4) is 5.75 Å². The van der Waals surface area contributed by atoms with Crippen molar-refractivity contribution in [2.24, 2.45) is 5.10 Å². The molecule has 0 unspecified atom stereocenters. The number of likely N-dealkylation sites (N-methyl/N-ethyl adjacent to an activating group) is 1. The van der Waals surface area contributed by atoms with Crippen molar-refractivity contribution in [3.05, 3.63) is 59.1 Å². The number of para-hydroxylation sites is 1. The highest BCUT2D eigenvalue weighted by Crippen LogP contribution is 2.20. The van der Waals surface area contributed by atoms with Crippen LogP contribution in [0, 0.1) is 0 Å². The van der Waals surface area contributed by atoms with Gasteiger partial charge in [0, 0.05) is 14.1 Å². The molecule has 0 aliphatic rings. The summed E-state index contributed by atoms with van der Waals surface area (Å²) in [6.45, 7) is 1.92. The van der Waals surface area contributed by atoms with E-state index < -0.39 is 0 Å². The number of carbonyl (C=O) groups excluding carboxylic acids is 1. The molecule has 0 heterocycles. The molecular weight excluding hydrogens is 326 g/mol. The van der Waals surface area contributed by atoms with E-state index in [1.165, 1.54) is 4.90 Å². The minimum Gasteiger partial charge on any atom is -0.484 e. The van der Waals surface area contributed by atoms with Crippen molar-refractivity contribution in [2.75, 3.05) is 26.1 Å². The molecule has 0 aliphatic carbocycles. The van der Waals surface area contributed by atoms with Crippen LogP contribution < -0.4 is 10.2 Å². The van der Waals surface area contributed by atoms with Crippen LogP contribution in [0.4, 0.5) is 5.69 Å². The van der Waals surface area contributed by atoms with Gasteiger partial charge in [-0.25, -0.2) is 0 Å². The van der Waals surface area contributed by atoms with Gasteiger partial charge in [-0.3, -0.25) is 10.2 Å². The monoisotopic (exact) mass is 345 g/mol. The van der Waals surface area contributed by atoms with Gasteiger partial charge in [0.2, 0.25) is 0 Å². The number of amides is 1. The number of hydrogen-bond acceptors (Lipinski definition) is 4. The third kappa shape index (κ3) is 4.99. The first-order valence-corrected chi connectivity index (χ1v) is 7.83. The van der Waals surface area contributed by atoms with Gasteiger partial charge >= 0.3 is 0 Å². The Morgan fingerprint density at radius 3 is 2.46 bits per heavy atom. The van der Waals surface area contributed by atoms with Gasteiger partial charge in [-0.15, -0.1) is 0 Å². The second kappa shape index (κ2) is 8.36. The molecule has 2 rings (SSSR count).